The van der Waals surface area contributed by atoms with Crippen LogP contribution in [0.15, 0.2) is 18.2 Å². The summed E-state index contributed by atoms with van der Waals surface area (Å²) >= 11 is 4.66. The van der Waals surface area contributed by atoms with Crippen LogP contribution in [0, 0.1) is 17.2 Å². The zero-order valence-electron chi connectivity index (χ0n) is 17.7. The number of hydrogen-bond donors (Lipinski definition) is 2. The van der Waals surface area contributed by atoms with Gasteiger partial charge in [-0.05, 0) is 76.5 Å². The van der Waals surface area contributed by atoms with Crippen LogP contribution in [0.25, 0.3) is 0 Å². The molecule has 31 heavy (non-hydrogen) atoms. The number of alkyl halides is 3. The van der Waals surface area contributed by atoms with E-state index < -0.39 is 28.3 Å². The van der Waals surface area contributed by atoms with E-state index in [-0.39, 0.29) is 24.2 Å². The molecular weight excluding hydrogens is 427 g/mol. The van der Waals surface area contributed by atoms with Crippen molar-refractivity contribution in [1.82, 2.24) is 4.90 Å². The third-order valence-electron chi connectivity index (χ3n) is 6.55. The van der Waals surface area contributed by atoms with Crippen molar-refractivity contribution >= 4 is 24.2 Å². The normalized spacial score (nSPS) is 26.8. The Labute approximate surface area is 186 Å². The van der Waals surface area contributed by atoms with Crippen LogP contribution in [-0.2, 0) is 11.0 Å². The molecule has 1 heterocycles. The molecule has 1 aliphatic carbocycles. The molecule has 1 atom stereocenters. The van der Waals surface area contributed by atoms with E-state index in [9.17, 15) is 18.0 Å². The van der Waals surface area contributed by atoms with Crippen LogP contribution in [-0.4, -0.2) is 39.6 Å². The average Bonchev–Trinajstić information content (AvgIpc) is 2.90. The molecule has 170 valence electrons. The molecule has 1 saturated heterocycles. The Balaban J connectivity index is 1.87. The molecular formula is C22H28F3N3O2S. The predicted octanol–water partition coefficient (Wildman–Crippen LogP) is 4.55. The van der Waals surface area contributed by atoms with Gasteiger partial charge in [0.2, 0.25) is 5.91 Å². The van der Waals surface area contributed by atoms with E-state index in [0.717, 1.165) is 50.7 Å². The molecule has 0 aromatic heterocycles. The minimum Gasteiger partial charge on any atom is -0.396 e. The topological polar surface area (TPSA) is 67.6 Å². The monoisotopic (exact) mass is 455 g/mol. The molecule has 1 saturated carbocycles. The van der Waals surface area contributed by atoms with Gasteiger partial charge in [0.25, 0.3) is 0 Å². The molecule has 1 aromatic carbocycles. The predicted molar refractivity (Wildman–Crippen MR) is 114 cm³/mol. The van der Waals surface area contributed by atoms with E-state index in [1.807, 2.05) is 4.90 Å². The Kier molecular flexibility index (Phi) is 6.94. The molecule has 1 aromatic rings. The van der Waals surface area contributed by atoms with Crippen LogP contribution in [0.5, 0.6) is 0 Å². The van der Waals surface area contributed by atoms with Gasteiger partial charge in [-0.15, -0.1) is 12.6 Å². The average molecular weight is 456 g/mol. The number of benzene rings is 1. The van der Waals surface area contributed by atoms with Crippen LogP contribution in [0.1, 0.15) is 63.5 Å². The molecule has 1 unspecified atom stereocenters. The molecule has 2 fully saturated rings. The Morgan fingerprint density at radius 2 is 1.90 bits per heavy atom. The summed E-state index contributed by atoms with van der Waals surface area (Å²) in [7, 11) is 0. The van der Waals surface area contributed by atoms with Gasteiger partial charge in [0, 0.05) is 18.3 Å². The highest BCUT2D eigenvalue weighted by molar-refractivity contribution is 7.81. The highest BCUT2D eigenvalue weighted by Gasteiger charge is 2.54. The lowest BCUT2D eigenvalue weighted by molar-refractivity contribution is -0.137. The van der Waals surface area contributed by atoms with Crippen molar-refractivity contribution in [1.29, 1.82) is 5.26 Å². The maximum Gasteiger partial charge on any atom is 0.417 e. The van der Waals surface area contributed by atoms with Crippen molar-refractivity contribution in [2.75, 3.05) is 11.5 Å². The summed E-state index contributed by atoms with van der Waals surface area (Å²) in [6, 6.07) is 5.01. The number of hydrogen-bond acceptors (Lipinski definition) is 5. The fourth-order valence-corrected chi connectivity index (χ4v) is 5.64. The number of aliphatic hydroxyl groups is 1. The largest absolute Gasteiger partial charge is 0.417 e. The zero-order valence-corrected chi connectivity index (χ0v) is 18.6. The molecule has 1 N–H and O–H groups in total. The van der Waals surface area contributed by atoms with Crippen molar-refractivity contribution in [3.8, 4) is 6.07 Å². The summed E-state index contributed by atoms with van der Waals surface area (Å²) in [5.41, 5.74) is -3.06. The lowest BCUT2D eigenvalue weighted by Crippen LogP contribution is -2.51. The SMILES string of the molecule is CC1(C)C(=O)N(c2ccc(C#N)c(C(F)(F)F)c2)C(S)N1C1CCC(CCCO)CC1. The van der Waals surface area contributed by atoms with Crippen LogP contribution in [0.2, 0.25) is 0 Å². The number of nitrogens with zero attached hydrogens (tertiary/aromatic N) is 3. The fourth-order valence-electron chi connectivity index (χ4n) is 4.92. The summed E-state index contributed by atoms with van der Waals surface area (Å²) in [6.45, 7) is 3.75. The lowest BCUT2D eigenvalue weighted by Gasteiger charge is -2.41. The van der Waals surface area contributed by atoms with Crippen LogP contribution >= 0.6 is 12.6 Å². The summed E-state index contributed by atoms with van der Waals surface area (Å²) in [5.74, 6) is 0.236. The summed E-state index contributed by atoms with van der Waals surface area (Å²) in [4.78, 5) is 16.6. The number of aliphatic hydroxyl groups excluding tert-OH is 1. The van der Waals surface area contributed by atoms with E-state index in [1.54, 1.807) is 19.9 Å². The molecule has 1 aliphatic heterocycles. The first-order valence-electron chi connectivity index (χ1n) is 10.5. The highest BCUT2D eigenvalue weighted by Crippen LogP contribution is 2.43. The molecule has 1 amide bonds. The van der Waals surface area contributed by atoms with Crippen LogP contribution < -0.4 is 4.90 Å². The number of nitriles is 1. The second kappa shape index (κ2) is 9.00. The first kappa shape index (κ1) is 23.9. The molecule has 9 heteroatoms. The minimum atomic E-state index is -4.70. The van der Waals surface area contributed by atoms with E-state index >= 15 is 0 Å². The number of carbonyl (C=O) groups excluding carboxylic acids is 1. The van der Waals surface area contributed by atoms with Crippen molar-refractivity contribution in [3.63, 3.8) is 0 Å². The van der Waals surface area contributed by atoms with Gasteiger partial charge in [-0.2, -0.15) is 18.4 Å². The Morgan fingerprint density at radius 1 is 1.26 bits per heavy atom. The molecule has 0 spiro atoms. The molecule has 5 nitrogen and oxygen atoms in total. The Morgan fingerprint density at radius 3 is 2.45 bits per heavy atom. The third-order valence-corrected chi connectivity index (χ3v) is 7.03. The number of amides is 1. The lowest BCUT2D eigenvalue weighted by atomic mass is 9.82. The molecule has 0 bridgehead atoms. The van der Waals surface area contributed by atoms with Crippen LogP contribution in [0.3, 0.4) is 0 Å². The standard InChI is InChI=1S/C22H28F3N3O2S/c1-21(2)19(30)27(17-10-7-15(13-26)18(12-17)22(23,24)25)20(31)28(21)16-8-5-14(6-9-16)4-3-11-29/h7,10,12,14,16,20,29,31H,3-6,8-9,11H2,1-2H3. The number of thiol groups is 1. The second-order valence-electron chi connectivity index (χ2n) is 8.87. The van der Waals surface area contributed by atoms with E-state index in [1.165, 1.54) is 11.0 Å². The van der Waals surface area contributed by atoms with Gasteiger partial charge in [-0.3, -0.25) is 14.6 Å². The van der Waals surface area contributed by atoms with Gasteiger partial charge in [-0.25, -0.2) is 0 Å². The second-order valence-corrected chi connectivity index (χ2v) is 9.33. The minimum absolute atomic E-state index is 0.0866. The van der Waals surface area contributed by atoms with E-state index in [4.69, 9.17) is 10.4 Å². The smallest absolute Gasteiger partial charge is 0.396 e. The van der Waals surface area contributed by atoms with Gasteiger partial charge in [-0.1, -0.05) is 0 Å². The van der Waals surface area contributed by atoms with E-state index in [0.29, 0.717) is 5.92 Å². The first-order chi connectivity index (χ1) is 14.5. The molecule has 0 radical (unpaired) electrons. The van der Waals surface area contributed by atoms with Gasteiger partial charge >= 0.3 is 6.18 Å². The van der Waals surface area contributed by atoms with Gasteiger partial charge in [0.05, 0.1) is 22.7 Å². The number of rotatable bonds is 5. The maximum absolute atomic E-state index is 13.4. The third kappa shape index (κ3) is 4.57. The summed E-state index contributed by atoms with van der Waals surface area (Å²) in [5, 5.41) is 18.1. The number of anilines is 1. The van der Waals surface area contributed by atoms with Crippen molar-refractivity contribution in [2.24, 2.45) is 5.92 Å². The van der Waals surface area contributed by atoms with E-state index in [2.05, 4.69) is 12.6 Å². The molecule has 2 aliphatic rings. The summed E-state index contributed by atoms with van der Waals surface area (Å²) in [6.07, 6.45) is 0.789. The van der Waals surface area contributed by atoms with Crippen molar-refractivity contribution < 1.29 is 23.1 Å². The van der Waals surface area contributed by atoms with Gasteiger partial charge < -0.3 is 5.11 Å². The Hall–Kier alpha value is -1.76. The quantitative estimate of drug-likeness (QED) is 0.640. The fraction of sp³-hybridized carbons (Fsp3) is 0.636. The number of carbonyl (C=O) groups is 1. The van der Waals surface area contributed by atoms with Crippen molar-refractivity contribution in [2.45, 2.75) is 75.6 Å². The Bertz CT molecular complexity index is 861. The maximum atomic E-state index is 13.4. The zero-order chi connectivity index (χ0) is 23.0. The van der Waals surface area contributed by atoms with Gasteiger partial charge in [0.15, 0.2) is 0 Å². The first-order valence-corrected chi connectivity index (χ1v) is 11.1. The summed E-state index contributed by atoms with van der Waals surface area (Å²) < 4.78 is 40.3. The number of halogens is 3. The highest BCUT2D eigenvalue weighted by atomic mass is 32.1. The molecule has 3 rings (SSSR count). The van der Waals surface area contributed by atoms with Crippen LogP contribution in [0.4, 0.5) is 18.9 Å². The van der Waals surface area contributed by atoms with Gasteiger partial charge in [0.1, 0.15) is 5.50 Å². The van der Waals surface area contributed by atoms with Crippen molar-refractivity contribution in [3.05, 3.63) is 29.3 Å².